The van der Waals surface area contributed by atoms with Crippen molar-refractivity contribution in [2.24, 2.45) is 11.8 Å². The molecule has 0 aromatic carbocycles. The molecule has 0 aromatic heterocycles. The predicted molar refractivity (Wildman–Crippen MR) is 88.2 cm³/mol. The van der Waals surface area contributed by atoms with E-state index in [0.717, 1.165) is 0 Å². The molecule has 0 saturated heterocycles. The summed E-state index contributed by atoms with van der Waals surface area (Å²) in [5.74, 6) is 1.27. The topological polar surface area (TPSA) is 0 Å². The molecule has 0 aliphatic heterocycles. The summed E-state index contributed by atoms with van der Waals surface area (Å²) in [4.78, 5) is 0. The van der Waals surface area contributed by atoms with Crippen LogP contribution in [0.3, 0.4) is 0 Å². The van der Waals surface area contributed by atoms with E-state index in [1.165, 1.54) is 11.1 Å². The summed E-state index contributed by atoms with van der Waals surface area (Å²) in [7, 11) is 0. The Hall–Kier alpha value is 0.293. The van der Waals surface area contributed by atoms with Gasteiger partial charge in [-0.2, -0.15) is 0 Å². The summed E-state index contributed by atoms with van der Waals surface area (Å²) in [6.07, 6.45) is 7.05. The molecule has 2 unspecified atom stereocenters. The molecule has 0 heterocycles. The van der Waals surface area contributed by atoms with Gasteiger partial charge in [-0.15, -0.1) is 24.8 Å². The summed E-state index contributed by atoms with van der Waals surface area (Å²) >= 11 is -1.81. The first-order valence-electron chi connectivity index (χ1n) is 6.41. The number of hydrogen-bond donors (Lipinski definition) is 0. The van der Waals surface area contributed by atoms with Gasteiger partial charge in [0.15, 0.2) is 0 Å². The third kappa shape index (κ3) is 3.49. The zero-order chi connectivity index (χ0) is 12.7. The Balaban J connectivity index is 0.00000162. The van der Waals surface area contributed by atoms with Crippen LogP contribution in [0.25, 0.3) is 0 Å². The Morgan fingerprint density at radius 3 is 1.95 bits per heavy atom. The van der Waals surface area contributed by atoms with Gasteiger partial charge in [-0.25, -0.2) is 0 Å². The summed E-state index contributed by atoms with van der Waals surface area (Å²) < 4.78 is 8.07. The van der Waals surface area contributed by atoms with Crippen LogP contribution in [-0.4, -0.2) is 4.21 Å². The number of halogens is 2. The standard InChI is InChI=1S/C8H11.C7H9.CH2.2ClH.Zr/c1-6-4-7(2)8(3)5-6;1-6-3-4-7(2)5-6;;;;/h4,6H,1-3H3;3-4,6H,1-2H3;1H2;2*1H;. The Morgan fingerprint density at radius 2 is 1.58 bits per heavy atom. The fourth-order valence-corrected chi connectivity index (χ4v) is 9.96. The Labute approximate surface area is 137 Å². The van der Waals surface area contributed by atoms with Crippen LogP contribution in [0.1, 0.15) is 34.6 Å². The first-order chi connectivity index (χ1) is 7.93. The van der Waals surface area contributed by atoms with Crippen LogP contribution >= 0.6 is 24.8 Å². The summed E-state index contributed by atoms with van der Waals surface area (Å²) in [6, 6.07) is 0. The molecule has 0 saturated carbocycles. The molecule has 106 valence electrons. The maximum atomic E-state index is 4.65. The molecule has 0 fully saturated rings. The number of allylic oxidation sites excluding steroid dienone is 8. The fraction of sp³-hybridized carbons (Fsp3) is 0.438. The summed E-state index contributed by atoms with van der Waals surface area (Å²) in [5, 5.41) is 0. The maximum absolute atomic E-state index is 4.65. The Bertz CT molecular complexity index is 507. The molecule has 3 heteroatoms. The van der Waals surface area contributed by atoms with Gasteiger partial charge in [-0.1, -0.05) is 0 Å². The van der Waals surface area contributed by atoms with Crippen molar-refractivity contribution in [2.45, 2.75) is 34.6 Å². The van der Waals surface area contributed by atoms with Gasteiger partial charge in [0.2, 0.25) is 0 Å². The van der Waals surface area contributed by atoms with Crippen molar-refractivity contribution in [1.82, 2.24) is 0 Å². The first-order valence-corrected chi connectivity index (χ1v) is 10.6. The fourth-order valence-electron chi connectivity index (χ4n) is 3.13. The molecule has 2 aliphatic carbocycles. The molecular formula is C16H24Cl2Zr. The summed E-state index contributed by atoms with van der Waals surface area (Å²) in [6.45, 7) is 11.5. The number of rotatable bonds is 2. The van der Waals surface area contributed by atoms with Crippen molar-refractivity contribution in [3.63, 3.8) is 0 Å². The molecule has 0 aromatic rings. The van der Waals surface area contributed by atoms with Crippen molar-refractivity contribution < 1.29 is 21.3 Å². The van der Waals surface area contributed by atoms with Gasteiger partial charge in [0.25, 0.3) is 0 Å². The minimum absolute atomic E-state index is 0. The van der Waals surface area contributed by atoms with E-state index in [2.05, 4.69) is 57.1 Å². The van der Waals surface area contributed by atoms with Gasteiger partial charge >= 0.3 is 113 Å². The average Bonchev–Trinajstić information content (AvgIpc) is 2.69. The molecule has 0 spiro atoms. The van der Waals surface area contributed by atoms with E-state index in [0.29, 0.717) is 11.8 Å². The van der Waals surface area contributed by atoms with E-state index in [1.54, 1.807) is 12.1 Å². The third-order valence-corrected chi connectivity index (χ3v) is 11.4. The van der Waals surface area contributed by atoms with Crippen LogP contribution in [0.5, 0.6) is 0 Å². The van der Waals surface area contributed by atoms with Crippen molar-refractivity contribution in [1.29, 1.82) is 0 Å². The van der Waals surface area contributed by atoms with Gasteiger partial charge in [0.05, 0.1) is 0 Å². The quantitative estimate of drug-likeness (QED) is 0.617. The molecule has 2 atom stereocenters. The SMILES string of the molecule is Cl.Cl.[CH2]=[Zr]([C]1=C(C)C=CC1C)[C]1=C(C)C(C)=CC1C. The van der Waals surface area contributed by atoms with Crippen molar-refractivity contribution in [3.8, 4) is 0 Å². The molecule has 0 N–H and O–H groups in total. The predicted octanol–water partition coefficient (Wildman–Crippen LogP) is 5.23. The second-order valence-corrected chi connectivity index (χ2v) is 10.4. The molecule has 0 nitrogen and oxygen atoms in total. The van der Waals surface area contributed by atoms with Crippen molar-refractivity contribution in [3.05, 3.63) is 41.5 Å². The van der Waals surface area contributed by atoms with Crippen LogP contribution < -0.4 is 0 Å². The van der Waals surface area contributed by atoms with Crippen LogP contribution in [0.4, 0.5) is 0 Å². The minimum atomic E-state index is -1.81. The van der Waals surface area contributed by atoms with Gasteiger partial charge in [0.1, 0.15) is 0 Å². The van der Waals surface area contributed by atoms with E-state index in [1.807, 2.05) is 0 Å². The van der Waals surface area contributed by atoms with E-state index < -0.39 is 21.3 Å². The van der Waals surface area contributed by atoms with E-state index >= 15 is 0 Å². The second-order valence-electron chi connectivity index (χ2n) is 5.40. The van der Waals surface area contributed by atoms with E-state index in [9.17, 15) is 0 Å². The third-order valence-electron chi connectivity index (χ3n) is 4.12. The van der Waals surface area contributed by atoms with Crippen LogP contribution in [-0.2, 0) is 21.3 Å². The first kappa shape index (κ1) is 19.3. The van der Waals surface area contributed by atoms with Gasteiger partial charge in [-0.05, 0) is 0 Å². The molecule has 0 amide bonds. The zero-order valence-electron chi connectivity index (χ0n) is 12.4. The van der Waals surface area contributed by atoms with Gasteiger partial charge in [-0.3, -0.25) is 0 Å². The van der Waals surface area contributed by atoms with Gasteiger partial charge < -0.3 is 0 Å². The number of hydrogen-bond acceptors (Lipinski definition) is 0. The van der Waals surface area contributed by atoms with E-state index in [4.69, 9.17) is 0 Å². The van der Waals surface area contributed by atoms with Crippen LogP contribution in [0, 0.1) is 11.8 Å². The molecule has 0 radical (unpaired) electrons. The Morgan fingerprint density at radius 1 is 1.00 bits per heavy atom. The summed E-state index contributed by atoms with van der Waals surface area (Å²) in [5.41, 5.74) is 4.52. The zero-order valence-corrected chi connectivity index (χ0v) is 16.5. The molecular weight excluding hydrogens is 354 g/mol. The van der Waals surface area contributed by atoms with Crippen LogP contribution in [0.15, 0.2) is 41.5 Å². The molecule has 2 aliphatic rings. The molecule has 19 heavy (non-hydrogen) atoms. The Kier molecular flexibility index (Phi) is 7.46. The monoisotopic (exact) mass is 376 g/mol. The van der Waals surface area contributed by atoms with Crippen molar-refractivity contribution >= 4 is 29.0 Å². The average molecular weight is 378 g/mol. The molecule has 2 rings (SSSR count). The second kappa shape index (κ2) is 7.34. The van der Waals surface area contributed by atoms with Crippen LogP contribution in [0.2, 0.25) is 0 Å². The van der Waals surface area contributed by atoms with E-state index in [-0.39, 0.29) is 24.8 Å². The van der Waals surface area contributed by atoms with Gasteiger partial charge in [0, 0.05) is 0 Å². The molecule has 0 bridgehead atoms. The normalized spacial score (nSPS) is 25.2. The van der Waals surface area contributed by atoms with Crippen molar-refractivity contribution in [2.75, 3.05) is 0 Å².